The number of aliphatic imine (C=N–C) groups is 1. The number of halogens is 10. The van der Waals surface area contributed by atoms with Crippen LogP contribution in [0.1, 0.15) is 45.4 Å². The van der Waals surface area contributed by atoms with Crippen LogP contribution >= 0.6 is 31.9 Å². The lowest BCUT2D eigenvalue weighted by molar-refractivity contribution is -0.273. The summed E-state index contributed by atoms with van der Waals surface area (Å²) in [7, 11) is 0. The lowest BCUT2D eigenvalue weighted by Gasteiger charge is -2.62. The molecule has 0 spiro atoms. The van der Waals surface area contributed by atoms with Crippen LogP contribution in [0.5, 0.6) is 0 Å². The third kappa shape index (κ3) is 3.17. The largest absolute Gasteiger partial charge is 0.411 e. The third-order valence-electron chi connectivity index (χ3n) is 6.42. The van der Waals surface area contributed by atoms with E-state index < -0.39 is 44.3 Å². The molecule has 2 saturated carbocycles. The Morgan fingerprint density at radius 3 is 1.79 bits per heavy atom. The van der Waals surface area contributed by atoms with Crippen molar-refractivity contribution >= 4 is 38.1 Å². The van der Waals surface area contributed by atoms with Crippen LogP contribution in [0.4, 0.5) is 35.1 Å². The van der Waals surface area contributed by atoms with Crippen molar-refractivity contribution in [1.29, 1.82) is 0 Å². The van der Waals surface area contributed by atoms with E-state index in [0.29, 0.717) is 25.5 Å². The van der Waals surface area contributed by atoms with E-state index in [-0.39, 0.29) is 25.3 Å². The van der Waals surface area contributed by atoms with E-state index in [1.165, 1.54) is 6.92 Å². The second-order valence-electron chi connectivity index (χ2n) is 8.12. The summed E-state index contributed by atoms with van der Waals surface area (Å²) in [4.78, 5) is 4.67. The molecule has 2 fully saturated rings. The van der Waals surface area contributed by atoms with Gasteiger partial charge in [0.25, 0.3) is 6.43 Å². The molecule has 2 aliphatic carbocycles. The van der Waals surface area contributed by atoms with Gasteiger partial charge in [0, 0.05) is 11.8 Å². The first-order valence-electron chi connectivity index (χ1n) is 8.92. The number of nitrogens with zero attached hydrogens (tertiary/aromatic N) is 2. The molecule has 0 aromatic rings. The molecule has 1 heterocycles. The van der Waals surface area contributed by atoms with Gasteiger partial charge >= 0.3 is 12.4 Å². The molecule has 0 radical (unpaired) electrons. The van der Waals surface area contributed by atoms with E-state index in [2.05, 4.69) is 36.9 Å². The second-order valence-corrected chi connectivity index (χ2v) is 11.7. The second kappa shape index (κ2) is 6.80. The summed E-state index contributed by atoms with van der Waals surface area (Å²) >= 11 is 5.23. The molecular weight excluding hydrogens is 544 g/mol. The Labute approximate surface area is 179 Å². The van der Waals surface area contributed by atoms with E-state index in [0.717, 1.165) is 4.90 Å². The number of alkyl halides is 10. The van der Waals surface area contributed by atoms with E-state index in [4.69, 9.17) is 0 Å². The molecule has 12 heteroatoms. The van der Waals surface area contributed by atoms with Crippen LogP contribution in [-0.2, 0) is 0 Å². The van der Waals surface area contributed by atoms with Crippen LogP contribution in [-0.4, -0.2) is 44.2 Å². The molecule has 3 rings (SSSR count). The summed E-state index contributed by atoms with van der Waals surface area (Å²) in [5.74, 6) is -0.712. The monoisotopic (exact) mass is 560 g/mol. The zero-order valence-corrected chi connectivity index (χ0v) is 18.3. The van der Waals surface area contributed by atoms with Gasteiger partial charge in [-0.05, 0) is 51.5 Å². The van der Waals surface area contributed by atoms with Gasteiger partial charge in [-0.15, -0.1) is 0 Å². The van der Waals surface area contributed by atoms with Crippen molar-refractivity contribution in [3.63, 3.8) is 0 Å². The van der Waals surface area contributed by atoms with E-state index in [9.17, 15) is 35.1 Å². The Morgan fingerprint density at radius 2 is 1.48 bits per heavy atom. The fraction of sp³-hybridized carbons (Fsp3) is 0.824. The van der Waals surface area contributed by atoms with E-state index >= 15 is 0 Å². The first-order valence-corrected chi connectivity index (χ1v) is 10.5. The number of allylic oxidation sites excluding steroid dienone is 1. The highest BCUT2D eigenvalue weighted by Crippen LogP contribution is 2.62. The van der Waals surface area contributed by atoms with E-state index in [1.807, 2.05) is 0 Å². The summed E-state index contributed by atoms with van der Waals surface area (Å²) in [6.45, 7) is 1.51. The molecule has 0 saturated heterocycles. The van der Waals surface area contributed by atoms with Crippen LogP contribution in [0.2, 0.25) is 0 Å². The summed E-state index contributed by atoms with van der Waals surface area (Å²) in [5, 5.41) is 0. The molecule has 0 amide bonds. The van der Waals surface area contributed by atoms with Crippen LogP contribution < -0.4 is 0 Å². The minimum atomic E-state index is -5.47. The van der Waals surface area contributed by atoms with Gasteiger partial charge in [-0.3, -0.25) is 0 Å². The molecule has 3 aliphatic rings. The van der Waals surface area contributed by atoms with Crippen LogP contribution in [0.15, 0.2) is 16.9 Å². The molecule has 29 heavy (non-hydrogen) atoms. The highest BCUT2D eigenvalue weighted by Gasteiger charge is 2.72. The van der Waals surface area contributed by atoms with Gasteiger partial charge in [-0.25, -0.2) is 13.8 Å². The van der Waals surface area contributed by atoms with Crippen molar-refractivity contribution in [3.05, 3.63) is 11.9 Å². The highest BCUT2D eigenvalue weighted by molar-refractivity contribution is 9.25. The normalized spacial score (nSPS) is 30.4. The number of hydrogen-bond donors (Lipinski definition) is 0. The lowest BCUT2D eigenvalue weighted by atomic mass is 9.67. The summed E-state index contributed by atoms with van der Waals surface area (Å²) in [5.41, 5.74) is -7.33. The van der Waals surface area contributed by atoms with Gasteiger partial charge in [-0.1, -0.05) is 31.9 Å². The Hall–Kier alpha value is -0.390. The first kappa shape index (κ1) is 23.3. The van der Waals surface area contributed by atoms with Gasteiger partial charge in [0.15, 0.2) is 5.41 Å². The van der Waals surface area contributed by atoms with E-state index in [1.54, 1.807) is 0 Å². The molecule has 2 nitrogen and oxygen atoms in total. The van der Waals surface area contributed by atoms with Crippen molar-refractivity contribution in [2.45, 2.75) is 78.5 Å². The molecule has 0 N–H and O–H groups in total. The molecule has 0 bridgehead atoms. The molecular formula is C17H18Br2F8N2. The van der Waals surface area contributed by atoms with Gasteiger partial charge in [0.1, 0.15) is 14.6 Å². The highest BCUT2D eigenvalue weighted by atomic mass is 79.9. The van der Waals surface area contributed by atoms with Crippen molar-refractivity contribution < 1.29 is 35.1 Å². The van der Waals surface area contributed by atoms with Crippen molar-refractivity contribution in [2.75, 3.05) is 0 Å². The quantitative estimate of drug-likeness (QED) is 0.268. The number of rotatable bonds is 4. The number of hydrogen-bond acceptors (Lipinski definition) is 2. The minimum absolute atomic E-state index is 0.163. The van der Waals surface area contributed by atoms with Crippen LogP contribution in [0.25, 0.3) is 0 Å². The first-order chi connectivity index (χ1) is 13.0. The maximum Gasteiger partial charge on any atom is 0.411 e. The predicted molar refractivity (Wildman–Crippen MR) is 98.4 cm³/mol. The Morgan fingerprint density at radius 1 is 0.966 bits per heavy atom. The van der Waals surface area contributed by atoms with Crippen LogP contribution in [0, 0.1) is 5.41 Å². The standard InChI is InChI=1S/C17H18Br2F8N2/c1-12(4-2-5-12)29(13(6-3-7-13)16(22,23)24)10-8-14(11(20)21,17(25,26)27)15(18,19)9-28-10/h8-9,11H,2-7H2,1H3. The zero-order valence-electron chi connectivity index (χ0n) is 15.1. The molecule has 1 aliphatic heterocycles. The molecule has 0 aromatic carbocycles. The lowest BCUT2D eigenvalue weighted by Crippen LogP contribution is -2.70. The van der Waals surface area contributed by atoms with Gasteiger partial charge in [0.2, 0.25) is 0 Å². The van der Waals surface area contributed by atoms with Crippen LogP contribution in [0.3, 0.4) is 0 Å². The topological polar surface area (TPSA) is 15.6 Å². The smallest absolute Gasteiger partial charge is 0.337 e. The maximum absolute atomic E-state index is 14.1. The third-order valence-corrected chi connectivity index (χ3v) is 8.14. The zero-order chi connectivity index (χ0) is 22.1. The summed E-state index contributed by atoms with van der Waals surface area (Å²) < 4.78 is 109. The molecule has 1 atom stereocenters. The average molecular weight is 562 g/mol. The molecule has 1 unspecified atom stereocenters. The Bertz CT molecular complexity index is 720. The average Bonchev–Trinajstić information content (AvgIpc) is 2.45. The summed E-state index contributed by atoms with van der Waals surface area (Å²) in [6.07, 6.45) is -12.6. The van der Waals surface area contributed by atoms with Gasteiger partial charge in [0.05, 0.1) is 0 Å². The Balaban J connectivity index is 2.23. The van der Waals surface area contributed by atoms with Crippen molar-refractivity contribution in [3.8, 4) is 0 Å². The fourth-order valence-corrected chi connectivity index (χ4v) is 5.62. The molecule has 166 valence electrons. The predicted octanol–water partition coefficient (Wildman–Crippen LogP) is 6.94. The minimum Gasteiger partial charge on any atom is -0.337 e. The SMILES string of the molecule is CC1(N(C2=CC(C(F)F)(C(F)(F)F)C(Br)(Br)C=N2)C2(C(F)(F)F)CCC2)CCC1. The molecule has 0 aromatic heterocycles. The van der Waals surface area contributed by atoms with Gasteiger partial charge in [-0.2, -0.15) is 26.3 Å². The fourth-order valence-electron chi connectivity index (χ4n) is 4.39. The van der Waals surface area contributed by atoms with Gasteiger partial charge < -0.3 is 4.90 Å². The Kier molecular flexibility index (Phi) is 5.46. The van der Waals surface area contributed by atoms with Crippen molar-refractivity contribution in [1.82, 2.24) is 4.90 Å². The summed E-state index contributed by atoms with van der Waals surface area (Å²) in [6, 6.07) is 0. The van der Waals surface area contributed by atoms with Crippen molar-refractivity contribution in [2.24, 2.45) is 10.4 Å². The maximum atomic E-state index is 14.1.